The smallest absolute Gasteiger partial charge is 0.139 e. The molecule has 0 aliphatic carbocycles. The highest BCUT2D eigenvalue weighted by atomic mass is 79.9. The lowest BCUT2D eigenvalue weighted by Gasteiger charge is -2.13. The third-order valence-electron chi connectivity index (χ3n) is 3.51. The van der Waals surface area contributed by atoms with Crippen molar-refractivity contribution in [2.75, 3.05) is 0 Å². The van der Waals surface area contributed by atoms with Crippen LogP contribution in [0, 0.1) is 0 Å². The maximum atomic E-state index is 6.03. The van der Waals surface area contributed by atoms with E-state index in [0.29, 0.717) is 0 Å². The molecule has 4 aromatic rings. The SMILES string of the molecule is Brc1ccc2oc([C@@H](c3ccccc3)n3cnnn3)cc2c1. The van der Waals surface area contributed by atoms with Crippen LogP contribution < -0.4 is 0 Å². The predicted octanol–water partition coefficient (Wildman–Crippen LogP) is 3.82. The lowest BCUT2D eigenvalue weighted by atomic mass is 10.0. The summed E-state index contributed by atoms with van der Waals surface area (Å²) in [4.78, 5) is 0. The predicted molar refractivity (Wildman–Crippen MR) is 85.4 cm³/mol. The molecule has 0 saturated carbocycles. The van der Waals surface area contributed by atoms with Gasteiger partial charge < -0.3 is 4.42 Å². The maximum Gasteiger partial charge on any atom is 0.139 e. The van der Waals surface area contributed by atoms with Crippen LogP contribution in [0.25, 0.3) is 11.0 Å². The van der Waals surface area contributed by atoms with Crippen molar-refractivity contribution in [3.63, 3.8) is 0 Å². The molecule has 0 aliphatic rings. The van der Waals surface area contributed by atoms with Crippen molar-refractivity contribution in [1.82, 2.24) is 20.2 Å². The number of fused-ring (bicyclic) bond motifs is 1. The highest BCUT2D eigenvalue weighted by molar-refractivity contribution is 9.10. The average Bonchev–Trinajstić information content (AvgIpc) is 3.18. The van der Waals surface area contributed by atoms with E-state index in [9.17, 15) is 0 Å². The lowest BCUT2D eigenvalue weighted by Crippen LogP contribution is -2.12. The van der Waals surface area contributed by atoms with Crippen molar-refractivity contribution in [2.45, 2.75) is 6.04 Å². The van der Waals surface area contributed by atoms with Gasteiger partial charge in [0.25, 0.3) is 0 Å². The molecule has 2 aromatic heterocycles. The van der Waals surface area contributed by atoms with Crippen molar-refractivity contribution < 1.29 is 4.42 Å². The Labute approximate surface area is 134 Å². The van der Waals surface area contributed by atoms with Gasteiger partial charge in [-0.15, -0.1) is 5.10 Å². The summed E-state index contributed by atoms with van der Waals surface area (Å²) in [6, 6.07) is 17.8. The van der Waals surface area contributed by atoms with Crippen molar-refractivity contribution in [3.05, 3.63) is 76.7 Å². The van der Waals surface area contributed by atoms with Crippen LogP contribution in [-0.4, -0.2) is 20.2 Å². The fraction of sp³-hybridized carbons (Fsp3) is 0.0625. The number of benzene rings is 2. The first-order valence-corrected chi connectivity index (χ1v) is 7.57. The van der Waals surface area contributed by atoms with Gasteiger partial charge in [0.1, 0.15) is 23.7 Å². The van der Waals surface area contributed by atoms with E-state index in [4.69, 9.17) is 4.42 Å². The zero-order chi connectivity index (χ0) is 14.9. The van der Waals surface area contributed by atoms with Gasteiger partial charge in [-0.25, -0.2) is 4.68 Å². The minimum Gasteiger partial charge on any atom is -0.458 e. The molecule has 0 N–H and O–H groups in total. The molecule has 0 radical (unpaired) electrons. The maximum absolute atomic E-state index is 6.03. The number of hydrogen-bond donors (Lipinski definition) is 0. The van der Waals surface area contributed by atoms with Crippen LogP contribution in [0.5, 0.6) is 0 Å². The van der Waals surface area contributed by atoms with Crippen molar-refractivity contribution in [3.8, 4) is 0 Å². The van der Waals surface area contributed by atoms with E-state index in [-0.39, 0.29) is 6.04 Å². The lowest BCUT2D eigenvalue weighted by molar-refractivity contribution is 0.456. The van der Waals surface area contributed by atoms with Crippen LogP contribution in [0.4, 0.5) is 0 Å². The van der Waals surface area contributed by atoms with Gasteiger partial charge >= 0.3 is 0 Å². The topological polar surface area (TPSA) is 56.7 Å². The molecule has 108 valence electrons. The van der Waals surface area contributed by atoms with Crippen LogP contribution in [0.3, 0.4) is 0 Å². The quantitative estimate of drug-likeness (QED) is 0.561. The molecule has 2 heterocycles. The van der Waals surface area contributed by atoms with Gasteiger partial charge in [-0.3, -0.25) is 0 Å². The van der Waals surface area contributed by atoms with Crippen molar-refractivity contribution in [1.29, 1.82) is 0 Å². The summed E-state index contributed by atoms with van der Waals surface area (Å²) in [5, 5.41) is 12.6. The summed E-state index contributed by atoms with van der Waals surface area (Å²) in [5.41, 5.74) is 1.90. The van der Waals surface area contributed by atoms with E-state index in [1.165, 1.54) is 0 Å². The molecule has 0 spiro atoms. The monoisotopic (exact) mass is 354 g/mol. The Morgan fingerprint density at radius 2 is 1.91 bits per heavy atom. The summed E-state index contributed by atoms with van der Waals surface area (Å²) < 4.78 is 8.74. The molecular weight excluding hydrogens is 344 g/mol. The molecule has 2 aromatic carbocycles. The van der Waals surface area contributed by atoms with Crippen molar-refractivity contribution in [2.24, 2.45) is 0 Å². The fourth-order valence-corrected chi connectivity index (χ4v) is 2.92. The number of nitrogens with zero attached hydrogens (tertiary/aromatic N) is 4. The van der Waals surface area contributed by atoms with E-state index in [1.807, 2.05) is 54.6 Å². The van der Waals surface area contributed by atoms with E-state index in [1.54, 1.807) is 11.0 Å². The summed E-state index contributed by atoms with van der Waals surface area (Å²) in [7, 11) is 0. The number of aromatic nitrogens is 4. The Morgan fingerprint density at radius 1 is 1.05 bits per heavy atom. The second-order valence-corrected chi connectivity index (χ2v) is 5.85. The molecule has 1 atom stereocenters. The summed E-state index contributed by atoms with van der Waals surface area (Å²) in [5.74, 6) is 0.798. The van der Waals surface area contributed by atoms with Gasteiger partial charge in [-0.2, -0.15) is 0 Å². The molecule has 6 heteroatoms. The minimum absolute atomic E-state index is 0.192. The van der Waals surface area contributed by atoms with Gasteiger partial charge in [0.2, 0.25) is 0 Å². The Balaban J connectivity index is 1.89. The standard InChI is InChI=1S/C16H11BrN4O/c17-13-6-7-14-12(8-13)9-15(22-14)16(21-10-18-19-20-21)11-4-2-1-3-5-11/h1-10,16H/t16-/m1/s1. The normalized spacial score (nSPS) is 12.6. The van der Waals surface area contributed by atoms with Crippen LogP contribution in [0.15, 0.2) is 69.8 Å². The average molecular weight is 355 g/mol. The van der Waals surface area contributed by atoms with Gasteiger partial charge in [0.05, 0.1) is 0 Å². The van der Waals surface area contributed by atoms with Crippen LogP contribution >= 0.6 is 15.9 Å². The Bertz CT molecular complexity index is 902. The molecule has 0 bridgehead atoms. The Kier molecular flexibility index (Phi) is 3.23. The van der Waals surface area contributed by atoms with Crippen LogP contribution in [0.2, 0.25) is 0 Å². The molecule has 4 rings (SSSR count). The zero-order valence-electron chi connectivity index (χ0n) is 11.4. The largest absolute Gasteiger partial charge is 0.458 e. The van der Waals surface area contributed by atoms with Crippen LogP contribution in [0.1, 0.15) is 17.4 Å². The number of tetrazole rings is 1. The molecule has 0 saturated heterocycles. The fourth-order valence-electron chi connectivity index (χ4n) is 2.54. The van der Waals surface area contributed by atoms with Gasteiger partial charge in [0.15, 0.2) is 0 Å². The number of hydrogen-bond acceptors (Lipinski definition) is 4. The van der Waals surface area contributed by atoms with Gasteiger partial charge in [-0.05, 0) is 40.3 Å². The number of rotatable bonds is 3. The van der Waals surface area contributed by atoms with Gasteiger partial charge in [-0.1, -0.05) is 46.3 Å². The number of furan rings is 1. The second kappa shape index (κ2) is 5.38. The van der Waals surface area contributed by atoms with E-state index in [0.717, 1.165) is 26.8 Å². The molecule has 0 amide bonds. The second-order valence-electron chi connectivity index (χ2n) is 4.93. The highest BCUT2D eigenvalue weighted by Crippen LogP contribution is 2.31. The Hall–Kier alpha value is -2.47. The molecule has 22 heavy (non-hydrogen) atoms. The first-order valence-electron chi connectivity index (χ1n) is 6.78. The first kappa shape index (κ1) is 13.2. The molecule has 0 fully saturated rings. The molecule has 5 nitrogen and oxygen atoms in total. The number of halogens is 1. The minimum atomic E-state index is -0.192. The van der Waals surface area contributed by atoms with Gasteiger partial charge in [0, 0.05) is 9.86 Å². The highest BCUT2D eigenvalue weighted by Gasteiger charge is 2.21. The summed E-state index contributed by atoms with van der Waals surface area (Å²) >= 11 is 3.48. The summed E-state index contributed by atoms with van der Waals surface area (Å²) in [6.45, 7) is 0. The summed E-state index contributed by atoms with van der Waals surface area (Å²) in [6.07, 6.45) is 1.60. The zero-order valence-corrected chi connectivity index (χ0v) is 13.0. The third kappa shape index (κ3) is 2.31. The van der Waals surface area contributed by atoms with Crippen molar-refractivity contribution >= 4 is 26.9 Å². The van der Waals surface area contributed by atoms with Crippen LogP contribution in [-0.2, 0) is 0 Å². The van der Waals surface area contributed by atoms with E-state index < -0.39 is 0 Å². The molecule has 0 unspecified atom stereocenters. The first-order chi connectivity index (χ1) is 10.8. The molecular formula is C16H11BrN4O. The van der Waals surface area contributed by atoms with E-state index >= 15 is 0 Å². The Morgan fingerprint density at radius 3 is 2.68 bits per heavy atom. The van der Waals surface area contributed by atoms with E-state index in [2.05, 4.69) is 31.5 Å². The molecule has 0 aliphatic heterocycles. The third-order valence-corrected chi connectivity index (χ3v) is 4.00.